The summed E-state index contributed by atoms with van der Waals surface area (Å²) in [4.78, 5) is 44.9. The number of aliphatic hydroxyl groups is 1. The van der Waals surface area contributed by atoms with Crippen molar-refractivity contribution < 1.29 is 38.2 Å². The van der Waals surface area contributed by atoms with Gasteiger partial charge in [0.2, 0.25) is 5.91 Å². The summed E-state index contributed by atoms with van der Waals surface area (Å²) in [6.45, 7) is 3.14. The molecule has 2 atom stereocenters. The van der Waals surface area contributed by atoms with Crippen molar-refractivity contribution >= 4 is 35.4 Å². The number of amides is 2. The predicted molar refractivity (Wildman–Crippen MR) is 171 cm³/mol. The number of aromatic nitrogens is 3. The summed E-state index contributed by atoms with van der Waals surface area (Å²) in [5, 5.41) is 25.2. The maximum Gasteiger partial charge on any atom is 0.254 e. The molecule has 1 aliphatic heterocycles. The highest BCUT2D eigenvalue weighted by atomic mass is 19.1. The van der Waals surface area contributed by atoms with Gasteiger partial charge in [-0.1, -0.05) is 0 Å². The molecule has 4 aromatic rings. The third kappa shape index (κ3) is 8.40. The lowest BCUT2D eigenvalue weighted by molar-refractivity contribution is -0.869. The quantitative estimate of drug-likeness (QED) is 0.181. The number of nitrogens with one attached hydrogen (secondary N) is 2. The highest BCUT2D eigenvalue weighted by Gasteiger charge is 2.35. The summed E-state index contributed by atoms with van der Waals surface area (Å²) >= 11 is 0. The number of piperidine rings is 1. The minimum absolute atomic E-state index is 0.0952. The molecule has 47 heavy (non-hydrogen) atoms. The Morgan fingerprint density at radius 3 is 2.57 bits per heavy atom. The van der Waals surface area contributed by atoms with Gasteiger partial charge in [-0.15, -0.1) is 0 Å². The third-order valence-corrected chi connectivity index (χ3v) is 7.88. The number of ether oxygens (including phenoxy) is 1. The van der Waals surface area contributed by atoms with Gasteiger partial charge < -0.3 is 39.8 Å². The number of fused-ring (bicyclic) bond motifs is 1. The van der Waals surface area contributed by atoms with Crippen molar-refractivity contribution in [1.29, 1.82) is 0 Å². The van der Waals surface area contributed by atoms with E-state index in [9.17, 15) is 19.1 Å². The fraction of sp³-hybridized carbons (Fsp3) is 0.364. The SMILES string of the molecule is COc1ccc(-c2cnc3c(Nc4ccc(C(=O)N5CC[C@@H](C(=O)NCC[N+](C)(C)C)[C@H](O)C5)c(C)c4)nccn23)cc1F.O=C[O-]. The molecule has 0 unspecified atom stereocenters. The Kier molecular flexibility index (Phi) is 11.1. The van der Waals surface area contributed by atoms with Gasteiger partial charge in [0.05, 0.1) is 65.3 Å². The first-order chi connectivity index (χ1) is 22.4. The Labute approximate surface area is 272 Å². The number of hydrogen-bond acceptors (Lipinski definition) is 9. The first kappa shape index (κ1) is 34.8. The molecular weight excluding hydrogens is 609 g/mol. The van der Waals surface area contributed by atoms with Crippen LogP contribution in [0.1, 0.15) is 22.3 Å². The van der Waals surface area contributed by atoms with Gasteiger partial charge in [-0.3, -0.25) is 14.0 Å². The molecule has 250 valence electrons. The number of anilines is 2. The van der Waals surface area contributed by atoms with E-state index in [4.69, 9.17) is 14.6 Å². The number of hydrogen-bond donors (Lipinski definition) is 3. The third-order valence-electron chi connectivity index (χ3n) is 7.88. The summed E-state index contributed by atoms with van der Waals surface area (Å²) < 4.78 is 21.9. The molecule has 3 heterocycles. The van der Waals surface area contributed by atoms with Gasteiger partial charge >= 0.3 is 0 Å². The largest absolute Gasteiger partial charge is 0.554 e. The van der Waals surface area contributed by atoms with Crippen molar-refractivity contribution in [2.24, 2.45) is 5.92 Å². The van der Waals surface area contributed by atoms with Gasteiger partial charge in [-0.2, -0.15) is 0 Å². The van der Waals surface area contributed by atoms with Crippen LogP contribution in [0.4, 0.5) is 15.9 Å². The van der Waals surface area contributed by atoms with Crippen LogP contribution in [-0.2, 0) is 9.59 Å². The molecule has 2 amide bonds. The standard InChI is InChI=1S/C32H38FN7O4.CH2O2/c1-20-16-22(37-29-30-36-18-26(39(30)14-11-34-29)21-6-9-28(44-5)25(33)17-21)7-8-23(20)32(43)38-13-10-24(27(41)19-38)31(42)35-12-15-40(2,3)4;2-1-3/h6-9,11,14,16-18,24,27,41H,10,12-13,15,19H2,1-5H3,(H-,34,35,37,42,43);1H,(H,2,3)/t24-,27-;/m1./s1. The van der Waals surface area contributed by atoms with E-state index in [-0.39, 0.29) is 24.1 Å². The second-order valence-corrected chi connectivity index (χ2v) is 12.2. The van der Waals surface area contributed by atoms with E-state index < -0.39 is 24.3 Å². The average Bonchev–Trinajstić information content (AvgIpc) is 3.46. The Bertz CT molecular complexity index is 1740. The van der Waals surface area contributed by atoms with Crippen LogP contribution >= 0.6 is 0 Å². The summed E-state index contributed by atoms with van der Waals surface area (Å²) in [7, 11) is 7.58. The van der Waals surface area contributed by atoms with E-state index in [1.54, 1.807) is 47.8 Å². The van der Waals surface area contributed by atoms with Gasteiger partial charge in [0.15, 0.2) is 23.0 Å². The van der Waals surface area contributed by atoms with Crippen LogP contribution in [0, 0.1) is 18.7 Å². The van der Waals surface area contributed by atoms with Crippen LogP contribution in [0.15, 0.2) is 55.0 Å². The van der Waals surface area contributed by atoms with Gasteiger partial charge in [0, 0.05) is 48.8 Å². The zero-order valence-corrected chi connectivity index (χ0v) is 27.1. The minimum atomic E-state index is -0.932. The van der Waals surface area contributed by atoms with E-state index in [1.807, 2.05) is 17.4 Å². The molecule has 13 nitrogen and oxygen atoms in total. The Hall–Kier alpha value is -5.08. The van der Waals surface area contributed by atoms with E-state index in [0.717, 1.165) is 16.6 Å². The summed E-state index contributed by atoms with van der Waals surface area (Å²) in [6.07, 6.45) is 4.50. The van der Waals surface area contributed by atoms with E-state index in [0.29, 0.717) is 53.5 Å². The molecule has 0 saturated carbocycles. The number of likely N-dealkylation sites (N-methyl/N-ethyl adjacent to an activating group) is 1. The summed E-state index contributed by atoms with van der Waals surface area (Å²) in [5.41, 5.74) is 3.86. The van der Waals surface area contributed by atoms with Crippen LogP contribution in [0.3, 0.4) is 0 Å². The average molecular weight is 650 g/mol. The molecule has 14 heteroatoms. The Morgan fingerprint density at radius 2 is 1.94 bits per heavy atom. The number of halogens is 1. The number of methoxy groups -OCH3 is 1. The van der Waals surface area contributed by atoms with E-state index in [1.165, 1.54) is 13.2 Å². The highest BCUT2D eigenvalue weighted by molar-refractivity contribution is 5.96. The second-order valence-electron chi connectivity index (χ2n) is 12.2. The van der Waals surface area contributed by atoms with Crippen molar-refractivity contribution in [3.63, 3.8) is 0 Å². The first-order valence-corrected chi connectivity index (χ1v) is 15.0. The molecule has 0 bridgehead atoms. The number of nitrogens with zero attached hydrogens (tertiary/aromatic N) is 5. The number of carbonyl (C=O) groups excluding carboxylic acids is 3. The molecule has 1 fully saturated rings. The smallest absolute Gasteiger partial charge is 0.254 e. The molecule has 1 saturated heterocycles. The van der Waals surface area contributed by atoms with Crippen LogP contribution < -0.4 is 20.5 Å². The summed E-state index contributed by atoms with van der Waals surface area (Å²) in [5.74, 6) is -0.709. The molecule has 0 aliphatic carbocycles. The van der Waals surface area contributed by atoms with Gasteiger partial charge in [0.1, 0.15) is 0 Å². The van der Waals surface area contributed by atoms with Crippen LogP contribution in [0.5, 0.6) is 5.75 Å². The van der Waals surface area contributed by atoms with Crippen molar-refractivity contribution in [2.45, 2.75) is 19.4 Å². The predicted octanol–water partition coefficient (Wildman–Crippen LogP) is 1.61. The number of quaternary nitrogens is 1. The number of carbonyl (C=O) groups is 3. The highest BCUT2D eigenvalue weighted by Crippen LogP contribution is 2.29. The number of β-amino-alcohol motifs (C(OH)–C–C–N with tert-alkyl or cyclic N) is 1. The number of carboxylic acid groups (broad SMARTS) is 1. The van der Waals surface area contributed by atoms with Crippen molar-refractivity contribution in [1.82, 2.24) is 24.6 Å². The number of aryl methyl sites for hydroxylation is 1. The maximum absolute atomic E-state index is 14.4. The number of benzene rings is 2. The molecule has 0 radical (unpaired) electrons. The summed E-state index contributed by atoms with van der Waals surface area (Å²) in [6, 6.07) is 10.1. The molecule has 0 spiro atoms. The van der Waals surface area contributed by atoms with Crippen LogP contribution in [0.25, 0.3) is 16.9 Å². The van der Waals surface area contributed by atoms with Crippen molar-refractivity contribution in [3.05, 3.63) is 71.9 Å². The lowest BCUT2D eigenvalue weighted by Crippen LogP contribution is -2.52. The maximum atomic E-state index is 14.4. The molecule has 2 aromatic heterocycles. The van der Waals surface area contributed by atoms with Crippen molar-refractivity contribution in [3.8, 4) is 17.0 Å². The number of aliphatic hydroxyl groups excluding tert-OH is 1. The lowest BCUT2D eigenvalue weighted by Gasteiger charge is -2.35. The minimum Gasteiger partial charge on any atom is -0.554 e. The first-order valence-electron chi connectivity index (χ1n) is 15.0. The zero-order valence-electron chi connectivity index (χ0n) is 27.1. The van der Waals surface area contributed by atoms with Crippen molar-refractivity contribution in [2.75, 3.05) is 59.7 Å². The fourth-order valence-corrected chi connectivity index (χ4v) is 5.40. The Morgan fingerprint density at radius 1 is 1.19 bits per heavy atom. The number of likely N-dealkylation sites (tertiary alicyclic amines) is 1. The lowest BCUT2D eigenvalue weighted by atomic mass is 9.92. The van der Waals surface area contributed by atoms with E-state index in [2.05, 4.69) is 41.7 Å². The Balaban J connectivity index is 0.00000160. The molecule has 3 N–H and O–H groups in total. The second kappa shape index (κ2) is 15.0. The van der Waals surface area contributed by atoms with Gasteiger partial charge in [0.25, 0.3) is 5.91 Å². The van der Waals surface area contributed by atoms with Crippen LogP contribution in [-0.4, -0.2) is 108 Å². The van der Waals surface area contributed by atoms with Gasteiger partial charge in [-0.05, 0) is 55.3 Å². The normalized spacial score (nSPS) is 16.2. The monoisotopic (exact) mass is 649 g/mol. The molecular formula is C33H40FN7O6. The van der Waals surface area contributed by atoms with Gasteiger partial charge in [-0.25, -0.2) is 14.4 Å². The van der Waals surface area contributed by atoms with E-state index >= 15 is 0 Å². The number of imidazole rings is 1. The fourth-order valence-electron chi connectivity index (χ4n) is 5.40. The molecule has 2 aromatic carbocycles. The molecule has 5 rings (SSSR count). The zero-order chi connectivity index (χ0) is 34.3. The number of rotatable bonds is 9. The molecule has 1 aliphatic rings. The topological polar surface area (TPSA) is 161 Å². The van der Waals surface area contributed by atoms with Crippen LogP contribution in [0.2, 0.25) is 0 Å².